The van der Waals surface area contributed by atoms with Crippen molar-refractivity contribution in [1.29, 1.82) is 0 Å². The Bertz CT molecular complexity index is 908. The zero-order valence-electron chi connectivity index (χ0n) is 14.0. The van der Waals surface area contributed by atoms with E-state index in [1.54, 1.807) is 24.1 Å². The average Bonchev–Trinajstić information content (AvgIpc) is 2.97. The van der Waals surface area contributed by atoms with Crippen molar-refractivity contribution in [2.45, 2.75) is 19.4 Å². The van der Waals surface area contributed by atoms with E-state index in [0.717, 1.165) is 23.3 Å². The minimum absolute atomic E-state index is 0.0937. The molecule has 0 spiro atoms. The van der Waals surface area contributed by atoms with Crippen LogP contribution >= 0.6 is 22.9 Å². The van der Waals surface area contributed by atoms with Crippen LogP contribution in [0.4, 0.5) is 5.69 Å². The summed E-state index contributed by atoms with van der Waals surface area (Å²) >= 11 is 7.38. The van der Waals surface area contributed by atoms with Crippen LogP contribution in [0.25, 0.3) is 0 Å². The Morgan fingerprint density at radius 2 is 2.08 bits per heavy atom. The third-order valence-electron chi connectivity index (χ3n) is 4.17. The van der Waals surface area contributed by atoms with E-state index in [0.29, 0.717) is 28.7 Å². The third kappa shape index (κ3) is 3.99. The average molecular weight is 399 g/mol. The van der Waals surface area contributed by atoms with Crippen molar-refractivity contribution >= 4 is 44.6 Å². The van der Waals surface area contributed by atoms with Gasteiger partial charge in [0.15, 0.2) is 0 Å². The van der Waals surface area contributed by atoms with E-state index in [-0.39, 0.29) is 5.91 Å². The lowest BCUT2D eigenvalue weighted by atomic mass is 10.0. The molecule has 0 bridgehead atoms. The quantitative estimate of drug-likeness (QED) is 0.793. The molecule has 1 aromatic heterocycles. The van der Waals surface area contributed by atoms with Crippen LogP contribution in [0.3, 0.4) is 0 Å². The van der Waals surface area contributed by atoms with Crippen molar-refractivity contribution in [1.82, 2.24) is 4.90 Å². The summed E-state index contributed by atoms with van der Waals surface area (Å²) in [6.45, 7) is 0.973. The van der Waals surface area contributed by atoms with Gasteiger partial charge in [-0.3, -0.25) is 9.10 Å². The molecule has 1 aromatic carbocycles. The summed E-state index contributed by atoms with van der Waals surface area (Å²) in [6.07, 6.45) is 2.73. The van der Waals surface area contributed by atoms with Gasteiger partial charge in [0, 0.05) is 24.0 Å². The molecule has 2 heterocycles. The number of carbonyl (C=O) groups is 1. The van der Waals surface area contributed by atoms with E-state index in [1.807, 2.05) is 18.2 Å². The lowest BCUT2D eigenvalue weighted by molar-refractivity contribution is 0.0786. The Hall–Kier alpha value is -1.57. The summed E-state index contributed by atoms with van der Waals surface area (Å²) in [5.41, 5.74) is 2.15. The molecule has 1 amide bonds. The molecule has 8 heteroatoms. The lowest BCUT2D eigenvalue weighted by Gasteiger charge is -2.29. The fourth-order valence-electron chi connectivity index (χ4n) is 3.00. The second-order valence-electron chi connectivity index (χ2n) is 6.15. The molecule has 0 radical (unpaired) electrons. The number of fused-ring (bicyclic) bond motifs is 1. The van der Waals surface area contributed by atoms with Crippen molar-refractivity contribution in [3.8, 4) is 0 Å². The number of carbonyl (C=O) groups excluding carboxylic acids is 1. The molecule has 0 N–H and O–H groups in total. The zero-order chi connectivity index (χ0) is 18.2. The summed E-state index contributed by atoms with van der Waals surface area (Å²) in [4.78, 5) is 15.3. The van der Waals surface area contributed by atoms with Crippen LogP contribution < -0.4 is 4.31 Å². The molecule has 0 saturated carbocycles. The minimum atomic E-state index is -3.30. The number of benzene rings is 1. The molecular weight excluding hydrogens is 380 g/mol. The second kappa shape index (κ2) is 6.97. The van der Waals surface area contributed by atoms with Crippen LogP contribution in [-0.2, 0) is 23.0 Å². The van der Waals surface area contributed by atoms with Crippen LogP contribution in [0.15, 0.2) is 30.3 Å². The summed E-state index contributed by atoms with van der Waals surface area (Å²) in [7, 11) is -1.55. The molecule has 0 saturated heterocycles. The molecule has 5 nitrogen and oxygen atoms in total. The molecule has 134 valence electrons. The van der Waals surface area contributed by atoms with Gasteiger partial charge in [-0.1, -0.05) is 11.6 Å². The number of hydrogen-bond donors (Lipinski definition) is 0. The molecule has 0 aliphatic carbocycles. The first-order valence-corrected chi connectivity index (χ1v) is 10.9. The zero-order valence-corrected chi connectivity index (χ0v) is 16.4. The summed E-state index contributed by atoms with van der Waals surface area (Å²) in [5, 5.41) is 0. The molecular formula is C17H19ClN2O3S2. The molecule has 3 rings (SSSR count). The Balaban J connectivity index is 1.82. The molecule has 1 aliphatic rings. The van der Waals surface area contributed by atoms with Gasteiger partial charge < -0.3 is 4.90 Å². The second-order valence-corrected chi connectivity index (χ2v) is 9.86. The first kappa shape index (κ1) is 18.2. The number of sulfonamides is 1. The van der Waals surface area contributed by atoms with Crippen LogP contribution in [0.1, 0.15) is 27.2 Å². The highest BCUT2D eigenvalue weighted by molar-refractivity contribution is 7.92. The van der Waals surface area contributed by atoms with Crippen LogP contribution in [0.2, 0.25) is 4.34 Å². The number of anilines is 1. The third-order valence-corrected chi connectivity index (χ3v) is 6.57. The smallest absolute Gasteiger partial charge is 0.253 e. The minimum Gasteiger partial charge on any atom is -0.337 e. The van der Waals surface area contributed by atoms with E-state index in [9.17, 15) is 13.2 Å². The highest BCUT2D eigenvalue weighted by atomic mass is 35.5. The number of halogens is 1. The van der Waals surface area contributed by atoms with E-state index >= 15 is 0 Å². The number of nitrogens with zero attached hydrogens (tertiary/aromatic N) is 2. The maximum absolute atomic E-state index is 12.7. The van der Waals surface area contributed by atoms with Gasteiger partial charge in [-0.25, -0.2) is 8.42 Å². The molecule has 1 aliphatic heterocycles. The number of hydrogen-bond acceptors (Lipinski definition) is 4. The number of thiophene rings is 1. The number of rotatable bonds is 4. The summed E-state index contributed by atoms with van der Waals surface area (Å²) in [5.74, 6) is -0.0937. The van der Waals surface area contributed by atoms with Crippen molar-refractivity contribution < 1.29 is 13.2 Å². The highest BCUT2D eigenvalue weighted by Crippen LogP contribution is 2.30. The first-order chi connectivity index (χ1) is 11.8. The van der Waals surface area contributed by atoms with Gasteiger partial charge in [-0.15, -0.1) is 11.3 Å². The number of aryl methyl sites for hydroxylation is 1. The van der Waals surface area contributed by atoms with E-state index in [4.69, 9.17) is 11.6 Å². The molecule has 0 fully saturated rings. The van der Waals surface area contributed by atoms with Gasteiger partial charge in [0.05, 0.1) is 22.8 Å². The van der Waals surface area contributed by atoms with Crippen LogP contribution in [-0.4, -0.2) is 39.1 Å². The van der Waals surface area contributed by atoms with E-state index < -0.39 is 10.0 Å². The SMILES string of the molecule is CN(Cc1ccc(Cl)s1)C(=O)c1ccc2c(c1)CCCN2S(C)(=O)=O. The Kier molecular flexibility index (Phi) is 5.09. The van der Waals surface area contributed by atoms with Gasteiger partial charge in [0.25, 0.3) is 5.91 Å². The van der Waals surface area contributed by atoms with Crippen molar-refractivity contribution in [3.05, 3.63) is 50.7 Å². The normalized spacial score (nSPS) is 14.3. The van der Waals surface area contributed by atoms with Gasteiger partial charge in [-0.2, -0.15) is 0 Å². The molecule has 25 heavy (non-hydrogen) atoms. The predicted molar refractivity (Wildman–Crippen MR) is 102 cm³/mol. The Morgan fingerprint density at radius 1 is 1.32 bits per heavy atom. The summed E-state index contributed by atoms with van der Waals surface area (Å²) in [6, 6.07) is 8.97. The number of amides is 1. The van der Waals surface area contributed by atoms with Gasteiger partial charge >= 0.3 is 0 Å². The molecule has 0 unspecified atom stereocenters. The maximum Gasteiger partial charge on any atom is 0.253 e. The Labute approximate surface area is 156 Å². The fourth-order valence-corrected chi connectivity index (χ4v) is 5.14. The topological polar surface area (TPSA) is 57.7 Å². The monoisotopic (exact) mass is 398 g/mol. The largest absolute Gasteiger partial charge is 0.337 e. The highest BCUT2D eigenvalue weighted by Gasteiger charge is 2.25. The first-order valence-electron chi connectivity index (χ1n) is 7.86. The lowest BCUT2D eigenvalue weighted by Crippen LogP contribution is -2.34. The van der Waals surface area contributed by atoms with Crippen molar-refractivity contribution in [2.24, 2.45) is 0 Å². The van der Waals surface area contributed by atoms with Gasteiger partial charge in [0.1, 0.15) is 0 Å². The van der Waals surface area contributed by atoms with E-state index in [1.165, 1.54) is 21.9 Å². The van der Waals surface area contributed by atoms with E-state index in [2.05, 4.69) is 0 Å². The Morgan fingerprint density at radius 3 is 2.72 bits per heavy atom. The van der Waals surface area contributed by atoms with Gasteiger partial charge in [-0.05, 0) is 48.7 Å². The predicted octanol–water partition coefficient (Wildman–Crippen LogP) is 3.39. The molecule has 2 aromatic rings. The van der Waals surface area contributed by atoms with Gasteiger partial charge in [0.2, 0.25) is 10.0 Å². The van der Waals surface area contributed by atoms with Crippen LogP contribution in [0.5, 0.6) is 0 Å². The fraction of sp³-hybridized carbons (Fsp3) is 0.353. The van der Waals surface area contributed by atoms with Crippen molar-refractivity contribution in [2.75, 3.05) is 24.2 Å². The maximum atomic E-state index is 12.7. The molecule has 0 atom stereocenters. The van der Waals surface area contributed by atoms with Crippen LogP contribution in [0, 0.1) is 0 Å². The van der Waals surface area contributed by atoms with Crippen molar-refractivity contribution in [3.63, 3.8) is 0 Å². The summed E-state index contributed by atoms with van der Waals surface area (Å²) < 4.78 is 26.0. The standard InChI is InChI=1S/C17H19ClN2O3S2/c1-19(11-14-6-8-16(18)24-14)17(21)13-5-7-15-12(10-13)4-3-9-20(15)25(2,22)23/h5-8,10H,3-4,9,11H2,1-2H3.